The van der Waals surface area contributed by atoms with Gasteiger partial charge in [0.25, 0.3) is 5.91 Å². The molecule has 1 aliphatic rings. The molecule has 2 atom stereocenters. The lowest BCUT2D eigenvalue weighted by molar-refractivity contribution is -0.0664. The van der Waals surface area contributed by atoms with E-state index < -0.39 is 0 Å². The summed E-state index contributed by atoms with van der Waals surface area (Å²) in [6, 6.07) is 17.6. The van der Waals surface area contributed by atoms with E-state index in [1.54, 1.807) is 13.2 Å². The minimum Gasteiger partial charge on any atom is -0.497 e. The Morgan fingerprint density at radius 1 is 1.17 bits per heavy atom. The van der Waals surface area contributed by atoms with Crippen molar-refractivity contribution >= 4 is 5.91 Å². The molecule has 0 radical (unpaired) electrons. The molecule has 1 fully saturated rings. The van der Waals surface area contributed by atoms with Crippen LogP contribution in [0.2, 0.25) is 0 Å². The number of ether oxygens (including phenoxy) is 2. The van der Waals surface area contributed by atoms with E-state index in [0.29, 0.717) is 24.4 Å². The fourth-order valence-electron chi connectivity index (χ4n) is 3.14. The largest absolute Gasteiger partial charge is 0.497 e. The third-order valence-electron chi connectivity index (χ3n) is 4.24. The zero-order valence-electron chi connectivity index (χ0n) is 14.1. The Hall–Kier alpha value is -2.33. The molecule has 2 aromatic carbocycles. The van der Waals surface area contributed by atoms with Gasteiger partial charge in [0.2, 0.25) is 0 Å². The number of methoxy groups -OCH3 is 1. The number of nitrogens with zero attached hydrogens (tertiary/aromatic N) is 1. The number of rotatable bonds is 4. The summed E-state index contributed by atoms with van der Waals surface area (Å²) in [6.07, 6.45) is 0.861. The fraction of sp³-hybridized carbons (Fsp3) is 0.350. The van der Waals surface area contributed by atoms with E-state index in [4.69, 9.17) is 9.47 Å². The quantitative estimate of drug-likeness (QED) is 0.867. The zero-order valence-corrected chi connectivity index (χ0v) is 14.1. The first-order chi connectivity index (χ1) is 11.7. The predicted molar refractivity (Wildman–Crippen MR) is 93.4 cm³/mol. The van der Waals surface area contributed by atoms with E-state index in [1.807, 2.05) is 48.2 Å². The molecule has 126 valence electrons. The molecule has 0 saturated carbocycles. The predicted octanol–water partition coefficient (Wildman–Crippen LogP) is 3.17. The summed E-state index contributed by atoms with van der Waals surface area (Å²) in [5.41, 5.74) is 1.88. The third kappa shape index (κ3) is 3.95. The highest BCUT2D eigenvalue weighted by molar-refractivity contribution is 5.94. The average molecular weight is 325 g/mol. The van der Waals surface area contributed by atoms with Gasteiger partial charge < -0.3 is 14.4 Å². The molecule has 2 unspecified atom stereocenters. The molecule has 1 heterocycles. The van der Waals surface area contributed by atoms with Crippen molar-refractivity contribution in [2.24, 2.45) is 0 Å². The lowest BCUT2D eigenvalue weighted by atomic mass is 10.0. The number of hydrogen-bond donors (Lipinski definition) is 0. The maximum atomic E-state index is 12.8. The summed E-state index contributed by atoms with van der Waals surface area (Å²) in [6.45, 7) is 3.24. The molecular weight excluding hydrogens is 302 g/mol. The van der Waals surface area contributed by atoms with Gasteiger partial charge in [-0.2, -0.15) is 0 Å². The Morgan fingerprint density at radius 3 is 2.71 bits per heavy atom. The first kappa shape index (κ1) is 16.5. The van der Waals surface area contributed by atoms with Crippen LogP contribution in [0.4, 0.5) is 0 Å². The van der Waals surface area contributed by atoms with Crippen LogP contribution in [-0.4, -0.2) is 43.2 Å². The normalized spacial score (nSPS) is 20.7. The van der Waals surface area contributed by atoms with Gasteiger partial charge >= 0.3 is 0 Å². The minimum atomic E-state index is 0.0192. The van der Waals surface area contributed by atoms with Gasteiger partial charge in [0.15, 0.2) is 0 Å². The number of carbonyl (C=O) groups is 1. The average Bonchev–Trinajstić information content (AvgIpc) is 2.61. The molecule has 4 nitrogen and oxygen atoms in total. The van der Waals surface area contributed by atoms with Gasteiger partial charge in [0, 0.05) is 25.1 Å². The van der Waals surface area contributed by atoms with Crippen molar-refractivity contribution in [3.63, 3.8) is 0 Å². The van der Waals surface area contributed by atoms with Gasteiger partial charge in [-0.05, 0) is 30.7 Å². The standard InChI is InChI=1S/C20H23NO3/c1-15-13-21(20(22)17-9-6-10-18(12-17)23-2)14-19(24-15)11-16-7-4-3-5-8-16/h3-10,12,15,19H,11,13-14H2,1-2H3. The number of morpholine rings is 1. The van der Waals surface area contributed by atoms with Crippen LogP contribution in [0.15, 0.2) is 54.6 Å². The van der Waals surface area contributed by atoms with Crippen LogP contribution in [0.25, 0.3) is 0 Å². The molecule has 0 spiro atoms. The summed E-state index contributed by atoms with van der Waals surface area (Å²) in [4.78, 5) is 14.7. The van der Waals surface area contributed by atoms with Crippen LogP contribution in [0, 0.1) is 0 Å². The van der Waals surface area contributed by atoms with Crippen molar-refractivity contribution in [1.29, 1.82) is 0 Å². The van der Waals surface area contributed by atoms with Gasteiger partial charge in [-0.3, -0.25) is 4.79 Å². The highest BCUT2D eigenvalue weighted by Gasteiger charge is 2.29. The van der Waals surface area contributed by atoms with Gasteiger partial charge in [-0.25, -0.2) is 0 Å². The molecule has 0 bridgehead atoms. The Bertz CT molecular complexity index is 686. The van der Waals surface area contributed by atoms with E-state index in [9.17, 15) is 4.79 Å². The highest BCUT2D eigenvalue weighted by atomic mass is 16.5. The number of amides is 1. The van der Waals surface area contributed by atoms with Gasteiger partial charge in [-0.15, -0.1) is 0 Å². The number of carbonyl (C=O) groups excluding carboxylic acids is 1. The van der Waals surface area contributed by atoms with Crippen LogP contribution in [0.5, 0.6) is 5.75 Å². The van der Waals surface area contributed by atoms with Crippen LogP contribution >= 0.6 is 0 Å². The van der Waals surface area contributed by atoms with E-state index >= 15 is 0 Å². The molecule has 24 heavy (non-hydrogen) atoms. The monoisotopic (exact) mass is 325 g/mol. The summed E-state index contributed by atoms with van der Waals surface area (Å²) < 4.78 is 11.3. The van der Waals surface area contributed by atoms with Gasteiger partial charge in [0.05, 0.1) is 19.3 Å². The molecular formula is C20H23NO3. The number of hydrogen-bond acceptors (Lipinski definition) is 3. The Balaban J connectivity index is 1.71. The van der Waals surface area contributed by atoms with Crippen molar-refractivity contribution < 1.29 is 14.3 Å². The SMILES string of the molecule is COc1cccc(C(=O)N2CC(C)OC(Cc3ccccc3)C2)c1. The molecule has 1 saturated heterocycles. The molecule has 1 amide bonds. The van der Waals surface area contributed by atoms with Gasteiger partial charge in [0.1, 0.15) is 5.75 Å². The maximum Gasteiger partial charge on any atom is 0.254 e. The van der Waals surface area contributed by atoms with Gasteiger partial charge in [-0.1, -0.05) is 36.4 Å². The summed E-state index contributed by atoms with van der Waals surface area (Å²) >= 11 is 0. The maximum absolute atomic E-state index is 12.8. The van der Waals surface area contributed by atoms with Crippen molar-refractivity contribution in [2.75, 3.05) is 20.2 Å². The first-order valence-electron chi connectivity index (χ1n) is 8.28. The summed E-state index contributed by atoms with van der Waals surface area (Å²) in [5, 5.41) is 0. The minimum absolute atomic E-state index is 0.0192. The van der Waals surface area contributed by atoms with Crippen LogP contribution in [0.3, 0.4) is 0 Å². The molecule has 1 aliphatic heterocycles. The van der Waals surface area contributed by atoms with E-state index in [-0.39, 0.29) is 18.1 Å². The van der Waals surface area contributed by atoms with E-state index in [0.717, 1.165) is 6.42 Å². The smallest absolute Gasteiger partial charge is 0.254 e. The summed E-state index contributed by atoms with van der Waals surface area (Å²) in [5.74, 6) is 0.727. The van der Waals surface area contributed by atoms with Crippen LogP contribution < -0.4 is 4.74 Å². The molecule has 2 aromatic rings. The van der Waals surface area contributed by atoms with Crippen LogP contribution in [0.1, 0.15) is 22.8 Å². The Kier molecular flexibility index (Phi) is 5.16. The van der Waals surface area contributed by atoms with E-state index in [2.05, 4.69) is 12.1 Å². The van der Waals surface area contributed by atoms with Crippen molar-refractivity contribution in [3.05, 3.63) is 65.7 Å². The molecule has 0 aliphatic carbocycles. The highest BCUT2D eigenvalue weighted by Crippen LogP contribution is 2.20. The molecule has 0 aromatic heterocycles. The summed E-state index contributed by atoms with van der Waals surface area (Å²) in [7, 11) is 1.61. The Morgan fingerprint density at radius 2 is 1.96 bits per heavy atom. The zero-order chi connectivity index (χ0) is 16.9. The first-order valence-corrected chi connectivity index (χ1v) is 8.28. The molecule has 0 N–H and O–H groups in total. The van der Waals surface area contributed by atoms with Crippen LogP contribution in [-0.2, 0) is 11.2 Å². The molecule has 4 heteroatoms. The van der Waals surface area contributed by atoms with Crippen molar-refractivity contribution in [1.82, 2.24) is 4.90 Å². The lowest BCUT2D eigenvalue weighted by Crippen LogP contribution is -2.49. The second-order valence-corrected chi connectivity index (χ2v) is 6.20. The second kappa shape index (κ2) is 7.49. The van der Waals surface area contributed by atoms with Crippen molar-refractivity contribution in [3.8, 4) is 5.75 Å². The molecule has 3 rings (SSSR count). The fourth-order valence-corrected chi connectivity index (χ4v) is 3.14. The second-order valence-electron chi connectivity index (χ2n) is 6.20. The topological polar surface area (TPSA) is 38.8 Å². The Labute approximate surface area is 143 Å². The number of benzene rings is 2. The van der Waals surface area contributed by atoms with E-state index in [1.165, 1.54) is 5.56 Å². The lowest BCUT2D eigenvalue weighted by Gasteiger charge is -2.37. The third-order valence-corrected chi connectivity index (χ3v) is 4.24. The van der Waals surface area contributed by atoms with Crippen molar-refractivity contribution in [2.45, 2.75) is 25.6 Å².